The van der Waals surface area contributed by atoms with Gasteiger partial charge in [0.25, 0.3) is 0 Å². The summed E-state index contributed by atoms with van der Waals surface area (Å²) in [5.41, 5.74) is 0. The molecule has 0 spiro atoms. The van der Waals surface area contributed by atoms with Crippen LogP contribution in [0.15, 0.2) is 0 Å². The SMILES string of the molecule is CCCCCCCCCCCCC(=O)OC[C@H](COC(=O)CCCCCCCCCCCCC(C)CC)OC(=O)CCCCCCCCCCCCCCC(C)C. The second-order valence-corrected chi connectivity index (χ2v) is 18.2. The number of hydrogen-bond donors (Lipinski definition) is 0. The van der Waals surface area contributed by atoms with Crippen molar-refractivity contribution < 1.29 is 28.6 Å². The summed E-state index contributed by atoms with van der Waals surface area (Å²) in [7, 11) is 0. The first-order chi connectivity index (χ1) is 27.8. The lowest BCUT2D eigenvalue weighted by atomic mass is 9.99. The third kappa shape index (κ3) is 43.8. The molecular formula is C51H98O6. The molecule has 0 rings (SSSR count). The van der Waals surface area contributed by atoms with Crippen LogP contribution in [-0.2, 0) is 28.6 Å². The van der Waals surface area contributed by atoms with Gasteiger partial charge < -0.3 is 14.2 Å². The molecule has 6 heteroatoms. The van der Waals surface area contributed by atoms with Crippen molar-refractivity contribution in [1.29, 1.82) is 0 Å². The highest BCUT2D eigenvalue weighted by atomic mass is 16.6. The fourth-order valence-corrected chi connectivity index (χ4v) is 7.60. The Kier molecular flexibility index (Phi) is 42.7. The molecule has 0 aliphatic carbocycles. The molecule has 0 N–H and O–H groups in total. The van der Waals surface area contributed by atoms with Crippen molar-refractivity contribution in [2.75, 3.05) is 13.2 Å². The predicted octanol–water partition coefficient (Wildman–Crippen LogP) is 16.1. The monoisotopic (exact) mass is 807 g/mol. The quantitative estimate of drug-likeness (QED) is 0.0346. The van der Waals surface area contributed by atoms with E-state index in [0.29, 0.717) is 19.3 Å². The summed E-state index contributed by atoms with van der Waals surface area (Å²) < 4.78 is 16.8. The number of unbranched alkanes of at least 4 members (excludes halogenated alkanes) is 29. The van der Waals surface area contributed by atoms with Crippen LogP contribution in [-0.4, -0.2) is 37.2 Å². The van der Waals surface area contributed by atoms with Gasteiger partial charge in [-0.15, -0.1) is 0 Å². The van der Waals surface area contributed by atoms with E-state index in [1.54, 1.807) is 0 Å². The molecule has 0 fully saturated rings. The summed E-state index contributed by atoms with van der Waals surface area (Å²) >= 11 is 0. The van der Waals surface area contributed by atoms with Crippen molar-refractivity contribution in [2.24, 2.45) is 11.8 Å². The van der Waals surface area contributed by atoms with E-state index >= 15 is 0 Å². The zero-order valence-electron chi connectivity index (χ0n) is 39.0. The number of carbonyl (C=O) groups excluding carboxylic acids is 3. The van der Waals surface area contributed by atoms with Gasteiger partial charge in [0.05, 0.1) is 0 Å². The van der Waals surface area contributed by atoms with Crippen molar-refractivity contribution in [1.82, 2.24) is 0 Å². The summed E-state index contributed by atoms with van der Waals surface area (Å²) in [6, 6.07) is 0. The molecule has 0 bridgehead atoms. The van der Waals surface area contributed by atoms with Crippen LogP contribution in [0, 0.1) is 11.8 Å². The second-order valence-electron chi connectivity index (χ2n) is 18.2. The lowest BCUT2D eigenvalue weighted by Gasteiger charge is -2.18. The first-order valence-corrected chi connectivity index (χ1v) is 25.3. The molecule has 0 amide bonds. The van der Waals surface area contributed by atoms with Crippen molar-refractivity contribution in [3.63, 3.8) is 0 Å². The van der Waals surface area contributed by atoms with Gasteiger partial charge in [0, 0.05) is 19.3 Å². The Hall–Kier alpha value is -1.59. The van der Waals surface area contributed by atoms with E-state index in [1.807, 2.05) is 0 Å². The lowest BCUT2D eigenvalue weighted by Crippen LogP contribution is -2.30. The smallest absolute Gasteiger partial charge is 0.306 e. The van der Waals surface area contributed by atoms with Gasteiger partial charge in [0.1, 0.15) is 13.2 Å². The fraction of sp³-hybridized carbons (Fsp3) is 0.941. The number of rotatable bonds is 45. The van der Waals surface area contributed by atoms with Gasteiger partial charge in [-0.3, -0.25) is 14.4 Å². The third-order valence-electron chi connectivity index (χ3n) is 11.8. The minimum atomic E-state index is -0.761. The Morgan fingerprint density at radius 2 is 0.667 bits per heavy atom. The van der Waals surface area contributed by atoms with Crippen LogP contribution in [0.2, 0.25) is 0 Å². The number of carbonyl (C=O) groups is 3. The first kappa shape index (κ1) is 55.4. The van der Waals surface area contributed by atoms with Crippen LogP contribution in [0.25, 0.3) is 0 Å². The van der Waals surface area contributed by atoms with Gasteiger partial charge in [-0.05, 0) is 31.1 Å². The standard InChI is InChI=1S/C51H98O6/c1-6-8-9-10-11-12-21-26-31-36-41-49(52)55-44-48(45-56-50(53)42-37-32-27-22-18-17-20-25-30-35-40-47(5)7-2)57-51(54)43-38-33-28-23-16-14-13-15-19-24-29-34-39-46(3)4/h46-48H,6-45H2,1-5H3/t47?,48-/m1/s1. The van der Waals surface area contributed by atoms with Crippen molar-refractivity contribution in [3.05, 3.63) is 0 Å². The minimum Gasteiger partial charge on any atom is -0.462 e. The zero-order chi connectivity index (χ0) is 41.9. The third-order valence-corrected chi connectivity index (χ3v) is 11.8. The van der Waals surface area contributed by atoms with E-state index in [0.717, 1.165) is 69.6 Å². The number of ether oxygens (including phenoxy) is 3. The number of hydrogen-bond acceptors (Lipinski definition) is 6. The summed E-state index contributed by atoms with van der Waals surface area (Å²) in [5, 5.41) is 0. The number of esters is 3. The molecule has 0 aromatic rings. The Labute approximate surface area is 355 Å². The summed E-state index contributed by atoms with van der Waals surface area (Å²) in [6.07, 6.45) is 43.6. The molecule has 57 heavy (non-hydrogen) atoms. The van der Waals surface area contributed by atoms with E-state index in [1.165, 1.54) is 167 Å². The van der Waals surface area contributed by atoms with Crippen LogP contribution >= 0.6 is 0 Å². The maximum absolute atomic E-state index is 12.8. The summed E-state index contributed by atoms with van der Waals surface area (Å²) in [4.78, 5) is 37.9. The average molecular weight is 807 g/mol. The van der Waals surface area contributed by atoms with Gasteiger partial charge in [-0.1, -0.05) is 240 Å². The fourth-order valence-electron chi connectivity index (χ4n) is 7.60. The Morgan fingerprint density at radius 1 is 0.368 bits per heavy atom. The lowest BCUT2D eigenvalue weighted by molar-refractivity contribution is -0.167. The minimum absolute atomic E-state index is 0.0641. The van der Waals surface area contributed by atoms with Crippen LogP contribution in [0.1, 0.15) is 279 Å². The van der Waals surface area contributed by atoms with E-state index in [4.69, 9.17) is 14.2 Å². The second kappa shape index (κ2) is 44.0. The zero-order valence-corrected chi connectivity index (χ0v) is 39.0. The molecule has 0 saturated heterocycles. The van der Waals surface area contributed by atoms with Crippen molar-refractivity contribution in [2.45, 2.75) is 285 Å². The molecule has 0 aromatic heterocycles. The molecule has 0 aromatic carbocycles. The molecule has 0 aliphatic heterocycles. The molecule has 0 radical (unpaired) electrons. The van der Waals surface area contributed by atoms with E-state index in [-0.39, 0.29) is 31.1 Å². The average Bonchev–Trinajstić information content (AvgIpc) is 3.19. The maximum Gasteiger partial charge on any atom is 0.306 e. The highest BCUT2D eigenvalue weighted by Crippen LogP contribution is 2.18. The van der Waals surface area contributed by atoms with E-state index in [9.17, 15) is 14.4 Å². The van der Waals surface area contributed by atoms with Gasteiger partial charge in [-0.2, -0.15) is 0 Å². The molecule has 0 heterocycles. The van der Waals surface area contributed by atoms with Gasteiger partial charge in [-0.25, -0.2) is 0 Å². The summed E-state index contributed by atoms with van der Waals surface area (Å²) in [6.45, 7) is 11.4. The Morgan fingerprint density at radius 3 is 1.00 bits per heavy atom. The molecule has 0 aliphatic rings. The van der Waals surface area contributed by atoms with Crippen LogP contribution in [0.5, 0.6) is 0 Å². The topological polar surface area (TPSA) is 78.9 Å². The normalized spacial score (nSPS) is 12.5. The maximum atomic E-state index is 12.8. The highest BCUT2D eigenvalue weighted by Gasteiger charge is 2.19. The summed E-state index contributed by atoms with van der Waals surface area (Å²) in [5.74, 6) is 0.851. The van der Waals surface area contributed by atoms with Crippen LogP contribution in [0.4, 0.5) is 0 Å². The molecule has 0 saturated carbocycles. The van der Waals surface area contributed by atoms with Gasteiger partial charge in [0.2, 0.25) is 0 Å². The predicted molar refractivity (Wildman–Crippen MR) is 243 cm³/mol. The molecule has 1 unspecified atom stereocenters. The largest absolute Gasteiger partial charge is 0.462 e. The van der Waals surface area contributed by atoms with Crippen molar-refractivity contribution >= 4 is 17.9 Å². The van der Waals surface area contributed by atoms with Crippen LogP contribution in [0.3, 0.4) is 0 Å². The van der Waals surface area contributed by atoms with Crippen LogP contribution < -0.4 is 0 Å². The molecule has 2 atom stereocenters. The Balaban J connectivity index is 4.31. The molecular weight excluding hydrogens is 709 g/mol. The van der Waals surface area contributed by atoms with E-state index < -0.39 is 6.10 Å². The molecule has 6 nitrogen and oxygen atoms in total. The van der Waals surface area contributed by atoms with Gasteiger partial charge in [0.15, 0.2) is 6.10 Å². The highest BCUT2D eigenvalue weighted by molar-refractivity contribution is 5.71. The Bertz CT molecular complexity index is 872. The first-order valence-electron chi connectivity index (χ1n) is 25.3. The van der Waals surface area contributed by atoms with Gasteiger partial charge >= 0.3 is 17.9 Å². The van der Waals surface area contributed by atoms with E-state index in [2.05, 4.69) is 34.6 Å². The molecule has 338 valence electrons. The van der Waals surface area contributed by atoms with Crippen molar-refractivity contribution in [3.8, 4) is 0 Å².